The van der Waals surface area contributed by atoms with E-state index in [0.717, 1.165) is 0 Å². The fourth-order valence-corrected chi connectivity index (χ4v) is 3.81. The molecule has 0 aliphatic carbocycles. The highest BCUT2D eigenvalue weighted by Gasteiger charge is 2.28. The number of nitrogens with zero attached hydrogens (tertiary/aromatic N) is 1. The molecular weight excluding hydrogens is 421 g/mol. The smallest absolute Gasteiger partial charge is 0.422 e. The Kier molecular flexibility index (Phi) is 7.49. The molecule has 164 valence electrons. The van der Waals surface area contributed by atoms with Gasteiger partial charge in [0.2, 0.25) is 10.0 Å². The van der Waals surface area contributed by atoms with Crippen LogP contribution in [0.3, 0.4) is 0 Å². The Morgan fingerprint density at radius 1 is 1.13 bits per heavy atom. The predicted molar refractivity (Wildman–Crippen MR) is 106 cm³/mol. The molecule has 0 unspecified atom stereocenters. The van der Waals surface area contributed by atoms with E-state index in [2.05, 4.69) is 10.1 Å². The zero-order chi connectivity index (χ0) is 22.5. The Labute approximate surface area is 173 Å². The summed E-state index contributed by atoms with van der Waals surface area (Å²) in [6.45, 7) is 2.22. The van der Waals surface area contributed by atoms with Gasteiger partial charge in [0.1, 0.15) is 5.75 Å². The van der Waals surface area contributed by atoms with Crippen molar-refractivity contribution in [2.45, 2.75) is 37.5 Å². The normalized spacial score (nSPS) is 12.3. The van der Waals surface area contributed by atoms with Gasteiger partial charge >= 0.3 is 6.18 Å². The quantitative estimate of drug-likeness (QED) is 0.675. The van der Waals surface area contributed by atoms with Crippen LogP contribution in [0.15, 0.2) is 53.4 Å². The largest absolute Gasteiger partial charge is 0.484 e. The van der Waals surface area contributed by atoms with Crippen molar-refractivity contribution in [3.05, 3.63) is 59.7 Å². The molecule has 2 aromatic rings. The lowest BCUT2D eigenvalue weighted by molar-refractivity contribution is -0.153. The van der Waals surface area contributed by atoms with E-state index < -0.39 is 28.7 Å². The summed E-state index contributed by atoms with van der Waals surface area (Å²) in [6, 6.07) is 11.3. The molecule has 6 nitrogen and oxygen atoms in total. The van der Waals surface area contributed by atoms with Crippen molar-refractivity contribution in [1.82, 2.24) is 9.62 Å². The van der Waals surface area contributed by atoms with Gasteiger partial charge in [-0.05, 0) is 49.7 Å². The minimum atomic E-state index is -4.42. The van der Waals surface area contributed by atoms with Gasteiger partial charge in [-0.25, -0.2) is 8.42 Å². The van der Waals surface area contributed by atoms with Gasteiger partial charge in [0.05, 0.1) is 4.90 Å². The van der Waals surface area contributed by atoms with Crippen LogP contribution in [0.25, 0.3) is 0 Å². The fourth-order valence-electron chi connectivity index (χ4n) is 2.39. The van der Waals surface area contributed by atoms with Crippen molar-refractivity contribution in [3.8, 4) is 5.75 Å². The summed E-state index contributed by atoms with van der Waals surface area (Å²) >= 11 is 0. The number of rotatable bonds is 8. The van der Waals surface area contributed by atoms with Gasteiger partial charge in [-0.2, -0.15) is 17.5 Å². The Morgan fingerprint density at radius 2 is 1.77 bits per heavy atom. The molecule has 0 fully saturated rings. The van der Waals surface area contributed by atoms with Gasteiger partial charge < -0.3 is 10.1 Å². The number of nitrogens with one attached hydrogen (secondary N) is 1. The number of halogens is 3. The molecule has 0 aromatic heterocycles. The van der Waals surface area contributed by atoms with Gasteiger partial charge in [-0.1, -0.05) is 18.2 Å². The van der Waals surface area contributed by atoms with Crippen molar-refractivity contribution < 1.29 is 31.1 Å². The summed E-state index contributed by atoms with van der Waals surface area (Å²) in [5.74, 6) is -0.411. The lowest BCUT2D eigenvalue weighted by Crippen LogP contribution is -2.33. The molecule has 1 amide bonds. The minimum Gasteiger partial charge on any atom is -0.484 e. The minimum absolute atomic E-state index is 0.0116. The topological polar surface area (TPSA) is 75.7 Å². The second-order valence-corrected chi connectivity index (χ2v) is 8.87. The highest BCUT2D eigenvalue weighted by molar-refractivity contribution is 7.89. The number of amides is 1. The van der Waals surface area contributed by atoms with Gasteiger partial charge in [0.15, 0.2) is 6.61 Å². The van der Waals surface area contributed by atoms with E-state index in [1.54, 1.807) is 13.8 Å². The molecule has 0 aliphatic rings. The van der Waals surface area contributed by atoms with E-state index in [1.165, 1.54) is 59.9 Å². The van der Waals surface area contributed by atoms with Crippen molar-refractivity contribution >= 4 is 15.9 Å². The average Bonchev–Trinajstić information content (AvgIpc) is 2.70. The van der Waals surface area contributed by atoms with E-state index in [0.29, 0.717) is 5.56 Å². The van der Waals surface area contributed by atoms with Crippen LogP contribution in [-0.2, 0) is 16.6 Å². The molecule has 2 rings (SSSR count). The Bertz CT molecular complexity index is 974. The third kappa shape index (κ3) is 6.46. The van der Waals surface area contributed by atoms with Crippen LogP contribution in [0.1, 0.15) is 29.8 Å². The summed E-state index contributed by atoms with van der Waals surface area (Å²) in [4.78, 5) is 12.4. The third-order valence-corrected chi connectivity index (χ3v) is 6.31. The summed E-state index contributed by atoms with van der Waals surface area (Å²) in [6.07, 6.45) is -4.42. The first-order valence-electron chi connectivity index (χ1n) is 9.05. The molecule has 0 aliphatic heterocycles. The molecule has 0 radical (unpaired) electrons. The maximum atomic E-state index is 12.6. The van der Waals surface area contributed by atoms with Crippen LogP contribution < -0.4 is 10.1 Å². The van der Waals surface area contributed by atoms with Crippen molar-refractivity contribution in [2.75, 3.05) is 13.7 Å². The first kappa shape index (κ1) is 23.7. The Morgan fingerprint density at radius 3 is 2.33 bits per heavy atom. The van der Waals surface area contributed by atoms with E-state index in [9.17, 15) is 26.4 Å². The maximum absolute atomic E-state index is 12.6. The second-order valence-electron chi connectivity index (χ2n) is 6.87. The van der Waals surface area contributed by atoms with Crippen LogP contribution in [-0.4, -0.2) is 44.5 Å². The number of hydrogen-bond donors (Lipinski definition) is 1. The maximum Gasteiger partial charge on any atom is 0.422 e. The molecule has 0 bridgehead atoms. The van der Waals surface area contributed by atoms with Crippen LogP contribution in [0, 0.1) is 0 Å². The number of carbonyl (C=O) groups excluding carboxylic acids is 1. The molecule has 0 saturated carbocycles. The second kappa shape index (κ2) is 9.48. The van der Waals surface area contributed by atoms with Crippen LogP contribution in [0.4, 0.5) is 13.2 Å². The lowest BCUT2D eigenvalue weighted by Gasteiger charge is -2.21. The van der Waals surface area contributed by atoms with Gasteiger partial charge in [-0.3, -0.25) is 4.79 Å². The summed E-state index contributed by atoms with van der Waals surface area (Å²) < 4.78 is 67.5. The highest BCUT2D eigenvalue weighted by atomic mass is 32.2. The Balaban J connectivity index is 2.02. The van der Waals surface area contributed by atoms with Crippen molar-refractivity contribution in [2.24, 2.45) is 0 Å². The summed E-state index contributed by atoms with van der Waals surface area (Å²) in [5.41, 5.74) is 0.824. The molecule has 0 atom stereocenters. The first-order valence-corrected chi connectivity index (χ1v) is 10.5. The van der Waals surface area contributed by atoms with E-state index in [4.69, 9.17) is 0 Å². The summed E-state index contributed by atoms with van der Waals surface area (Å²) in [7, 11) is -2.26. The zero-order valence-corrected chi connectivity index (χ0v) is 17.5. The van der Waals surface area contributed by atoms with Gasteiger partial charge in [-0.15, -0.1) is 0 Å². The predicted octanol–water partition coefficient (Wildman–Crippen LogP) is 3.59. The molecular formula is C20H23F3N2O4S. The molecule has 30 heavy (non-hydrogen) atoms. The number of benzene rings is 2. The number of alkyl halides is 3. The zero-order valence-electron chi connectivity index (χ0n) is 16.7. The van der Waals surface area contributed by atoms with Crippen molar-refractivity contribution in [3.63, 3.8) is 0 Å². The SMILES string of the molecule is CC(C)N(C)S(=O)(=O)c1cccc(C(=O)NCc2ccc(OCC(F)(F)F)cc2)c1. The van der Waals surface area contributed by atoms with E-state index >= 15 is 0 Å². The first-order chi connectivity index (χ1) is 13.9. The monoisotopic (exact) mass is 444 g/mol. The number of ether oxygens (including phenoxy) is 1. The standard InChI is InChI=1S/C20H23F3N2O4S/c1-14(2)25(3)30(27,28)18-6-4-5-16(11-18)19(26)24-12-15-7-9-17(10-8-15)29-13-20(21,22)23/h4-11,14H,12-13H2,1-3H3,(H,24,26). The third-order valence-electron chi connectivity index (χ3n) is 4.28. The fraction of sp³-hybridized carbons (Fsp3) is 0.350. The Hall–Kier alpha value is -2.59. The van der Waals surface area contributed by atoms with Crippen molar-refractivity contribution in [1.29, 1.82) is 0 Å². The van der Waals surface area contributed by atoms with E-state index in [1.807, 2.05) is 0 Å². The van der Waals surface area contributed by atoms with Gasteiger partial charge in [0, 0.05) is 25.2 Å². The van der Waals surface area contributed by atoms with Crippen LogP contribution >= 0.6 is 0 Å². The number of sulfonamides is 1. The molecule has 0 saturated heterocycles. The summed E-state index contributed by atoms with van der Waals surface area (Å²) in [5, 5.41) is 2.65. The molecule has 10 heteroatoms. The average molecular weight is 444 g/mol. The molecule has 0 spiro atoms. The molecule has 0 heterocycles. The highest BCUT2D eigenvalue weighted by Crippen LogP contribution is 2.20. The number of hydrogen-bond acceptors (Lipinski definition) is 4. The molecule has 2 aromatic carbocycles. The number of carbonyl (C=O) groups is 1. The van der Waals surface area contributed by atoms with Crippen LogP contribution in [0.2, 0.25) is 0 Å². The van der Waals surface area contributed by atoms with Gasteiger partial charge in [0.25, 0.3) is 5.91 Å². The molecule has 1 N–H and O–H groups in total. The van der Waals surface area contributed by atoms with Crippen LogP contribution in [0.5, 0.6) is 5.75 Å². The lowest BCUT2D eigenvalue weighted by atomic mass is 10.2. The van der Waals surface area contributed by atoms with E-state index in [-0.39, 0.29) is 28.8 Å².